The summed E-state index contributed by atoms with van der Waals surface area (Å²) in [6.07, 6.45) is 1.000. The van der Waals surface area contributed by atoms with E-state index in [0.29, 0.717) is 5.91 Å². The summed E-state index contributed by atoms with van der Waals surface area (Å²) in [5.74, 6) is 1.40. The Morgan fingerprint density at radius 2 is 2.00 bits per heavy atom. The van der Waals surface area contributed by atoms with E-state index < -0.39 is 0 Å². The Labute approximate surface area is 151 Å². The zero-order valence-electron chi connectivity index (χ0n) is 16.0. The molecular formula is C20H31N3O2. The van der Waals surface area contributed by atoms with Crippen molar-refractivity contribution in [2.45, 2.75) is 32.7 Å². The van der Waals surface area contributed by atoms with Gasteiger partial charge in [-0.15, -0.1) is 0 Å². The molecule has 0 N–H and O–H groups in total. The van der Waals surface area contributed by atoms with Crippen LogP contribution in [0.5, 0.6) is 5.75 Å². The van der Waals surface area contributed by atoms with Crippen LogP contribution in [0.15, 0.2) is 24.3 Å². The van der Waals surface area contributed by atoms with Gasteiger partial charge >= 0.3 is 0 Å². The maximum absolute atomic E-state index is 13.0. The standard InChI is InChI=1S/C20H31N3O2/c1-5-21-11-10-16(14-21)19(24)22-12-13-23(20(2,3)15-22)17-8-6-7-9-18(17)25-4/h6-9,16H,5,10-15H2,1-4H3/t16-/m0/s1. The van der Waals surface area contributed by atoms with Crippen molar-refractivity contribution in [1.82, 2.24) is 9.80 Å². The monoisotopic (exact) mass is 345 g/mol. The third kappa shape index (κ3) is 3.61. The van der Waals surface area contributed by atoms with Crippen molar-refractivity contribution in [3.05, 3.63) is 24.3 Å². The fourth-order valence-electron chi connectivity index (χ4n) is 4.22. The smallest absolute Gasteiger partial charge is 0.227 e. The zero-order chi connectivity index (χ0) is 18.0. The molecule has 1 atom stereocenters. The van der Waals surface area contributed by atoms with Gasteiger partial charge in [-0.25, -0.2) is 0 Å². The Morgan fingerprint density at radius 1 is 1.24 bits per heavy atom. The summed E-state index contributed by atoms with van der Waals surface area (Å²) in [5, 5.41) is 0. The van der Waals surface area contributed by atoms with Crippen molar-refractivity contribution in [2.75, 3.05) is 51.3 Å². The number of carbonyl (C=O) groups excluding carboxylic acids is 1. The van der Waals surface area contributed by atoms with Gasteiger partial charge in [-0.3, -0.25) is 4.79 Å². The second kappa shape index (κ2) is 7.24. The molecule has 0 bridgehead atoms. The molecule has 2 saturated heterocycles. The van der Waals surface area contributed by atoms with Crippen molar-refractivity contribution in [3.8, 4) is 5.75 Å². The quantitative estimate of drug-likeness (QED) is 0.840. The molecular weight excluding hydrogens is 314 g/mol. The average Bonchev–Trinajstić information content (AvgIpc) is 3.09. The molecule has 25 heavy (non-hydrogen) atoms. The Hall–Kier alpha value is -1.75. The van der Waals surface area contributed by atoms with Gasteiger partial charge in [0.2, 0.25) is 5.91 Å². The number of carbonyl (C=O) groups is 1. The number of hydrogen-bond acceptors (Lipinski definition) is 4. The van der Waals surface area contributed by atoms with Crippen LogP contribution in [-0.2, 0) is 4.79 Å². The maximum atomic E-state index is 13.0. The summed E-state index contributed by atoms with van der Waals surface area (Å²) in [7, 11) is 1.71. The fourth-order valence-corrected chi connectivity index (χ4v) is 4.22. The SMILES string of the molecule is CCN1CC[C@H](C(=O)N2CCN(c3ccccc3OC)C(C)(C)C2)C1. The number of methoxy groups -OCH3 is 1. The highest BCUT2D eigenvalue weighted by atomic mass is 16.5. The van der Waals surface area contributed by atoms with Crippen molar-refractivity contribution >= 4 is 11.6 Å². The summed E-state index contributed by atoms with van der Waals surface area (Å²) in [4.78, 5) is 19.8. The predicted octanol–water partition coefficient (Wildman–Crippen LogP) is 2.46. The molecule has 0 spiro atoms. The average molecular weight is 345 g/mol. The predicted molar refractivity (Wildman–Crippen MR) is 101 cm³/mol. The highest BCUT2D eigenvalue weighted by Gasteiger charge is 2.39. The second-order valence-electron chi connectivity index (χ2n) is 7.77. The molecule has 3 rings (SSSR count). The van der Waals surface area contributed by atoms with Gasteiger partial charge in [0.15, 0.2) is 0 Å². The van der Waals surface area contributed by atoms with Crippen LogP contribution in [-0.4, -0.2) is 67.6 Å². The first-order valence-electron chi connectivity index (χ1n) is 9.38. The second-order valence-corrected chi connectivity index (χ2v) is 7.77. The largest absolute Gasteiger partial charge is 0.495 e. The van der Waals surface area contributed by atoms with Crippen LogP contribution in [0.4, 0.5) is 5.69 Å². The van der Waals surface area contributed by atoms with Crippen LogP contribution in [0.3, 0.4) is 0 Å². The molecule has 2 aliphatic rings. The first kappa shape index (κ1) is 18.1. The van der Waals surface area contributed by atoms with Crippen LogP contribution in [0.1, 0.15) is 27.2 Å². The van der Waals surface area contributed by atoms with Gasteiger partial charge in [0.25, 0.3) is 0 Å². The molecule has 0 aromatic heterocycles. The minimum Gasteiger partial charge on any atom is -0.495 e. The van der Waals surface area contributed by atoms with Gasteiger partial charge in [0.1, 0.15) is 5.75 Å². The molecule has 138 valence electrons. The third-order valence-electron chi connectivity index (χ3n) is 5.66. The number of amides is 1. The van der Waals surface area contributed by atoms with Crippen molar-refractivity contribution in [2.24, 2.45) is 5.92 Å². The Morgan fingerprint density at radius 3 is 2.64 bits per heavy atom. The van der Waals surface area contributed by atoms with Gasteiger partial charge in [0, 0.05) is 26.2 Å². The van der Waals surface area contributed by atoms with Gasteiger partial charge in [0.05, 0.1) is 24.3 Å². The van der Waals surface area contributed by atoms with E-state index in [9.17, 15) is 4.79 Å². The Bertz CT molecular complexity index is 617. The van der Waals surface area contributed by atoms with Gasteiger partial charge in [-0.1, -0.05) is 19.1 Å². The van der Waals surface area contributed by atoms with Crippen LogP contribution < -0.4 is 9.64 Å². The molecule has 5 heteroatoms. The van der Waals surface area contributed by atoms with E-state index in [2.05, 4.69) is 41.5 Å². The molecule has 2 heterocycles. The Balaban J connectivity index is 1.71. The lowest BCUT2D eigenvalue weighted by Crippen LogP contribution is -2.61. The molecule has 2 fully saturated rings. The number of anilines is 1. The van der Waals surface area contributed by atoms with Crippen LogP contribution in [0, 0.1) is 5.92 Å². The van der Waals surface area contributed by atoms with E-state index in [0.717, 1.165) is 57.1 Å². The van der Waals surface area contributed by atoms with Crippen molar-refractivity contribution in [1.29, 1.82) is 0 Å². The molecule has 0 unspecified atom stereocenters. The summed E-state index contributed by atoms with van der Waals surface area (Å²) < 4.78 is 5.54. The van der Waals surface area contributed by atoms with Crippen molar-refractivity contribution < 1.29 is 9.53 Å². The van der Waals surface area contributed by atoms with Crippen LogP contribution >= 0.6 is 0 Å². The summed E-state index contributed by atoms with van der Waals surface area (Å²) >= 11 is 0. The lowest BCUT2D eigenvalue weighted by molar-refractivity contribution is -0.136. The number of nitrogens with zero attached hydrogens (tertiary/aromatic N) is 3. The number of rotatable bonds is 4. The van der Waals surface area contributed by atoms with Gasteiger partial charge in [-0.2, -0.15) is 0 Å². The maximum Gasteiger partial charge on any atom is 0.227 e. The number of benzene rings is 1. The zero-order valence-corrected chi connectivity index (χ0v) is 16.0. The third-order valence-corrected chi connectivity index (χ3v) is 5.66. The number of para-hydroxylation sites is 2. The molecule has 5 nitrogen and oxygen atoms in total. The van der Waals surface area contributed by atoms with Crippen molar-refractivity contribution in [3.63, 3.8) is 0 Å². The fraction of sp³-hybridized carbons (Fsp3) is 0.650. The highest BCUT2D eigenvalue weighted by molar-refractivity contribution is 5.80. The lowest BCUT2D eigenvalue weighted by atomic mass is 9.96. The molecule has 0 aliphatic carbocycles. The first-order chi connectivity index (χ1) is 12.0. The summed E-state index contributed by atoms with van der Waals surface area (Å²) in [5.41, 5.74) is 0.992. The lowest BCUT2D eigenvalue weighted by Gasteiger charge is -2.49. The normalized spacial score (nSPS) is 23.8. The minimum absolute atomic E-state index is 0.119. The topological polar surface area (TPSA) is 36.0 Å². The van der Waals surface area contributed by atoms with Crippen LogP contribution in [0.2, 0.25) is 0 Å². The molecule has 1 aromatic carbocycles. The van der Waals surface area contributed by atoms with E-state index in [1.54, 1.807) is 7.11 Å². The number of piperazine rings is 1. The molecule has 1 amide bonds. The number of ether oxygens (including phenoxy) is 1. The Kier molecular flexibility index (Phi) is 5.23. The molecule has 0 radical (unpaired) electrons. The van der Waals surface area contributed by atoms with E-state index in [4.69, 9.17) is 4.74 Å². The molecule has 1 aromatic rings. The minimum atomic E-state index is -0.119. The number of likely N-dealkylation sites (tertiary alicyclic amines) is 1. The van der Waals surface area contributed by atoms with Crippen LogP contribution in [0.25, 0.3) is 0 Å². The van der Waals surface area contributed by atoms with E-state index in [1.807, 2.05) is 18.2 Å². The highest BCUT2D eigenvalue weighted by Crippen LogP contribution is 2.35. The summed E-state index contributed by atoms with van der Waals surface area (Å²) in [6.45, 7) is 12.0. The van der Waals surface area contributed by atoms with E-state index >= 15 is 0 Å². The molecule has 0 saturated carbocycles. The van der Waals surface area contributed by atoms with Gasteiger partial charge < -0.3 is 19.4 Å². The first-order valence-corrected chi connectivity index (χ1v) is 9.38. The number of hydrogen-bond donors (Lipinski definition) is 0. The van der Waals surface area contributed by atoms with Gasteiger partial charge in [-0.05, 0) is 45.5 Å². The summed E-state index contributed by atoms with van der Waals surface area (Å²) in [6, 6.07) is 8.15. The van der Waals surface area contributed by atoms with E-state index in [1.165, 1.54) is 0 Å². The molecule has 2 aliphatic heterocycles. The van der Waals surface area contributed by atoms with E-state index in [-0.39, 0.29) is 11.5 Å².